The van der Waals surface area contributed by atoms with Gasteiger partial charge in [0.25, 0.3) is 0 Å². The second-order valence-corrected chi connectivity index (χ2v) is 5.96. The van der Waals surface area contributed by atoms with Crippen LogP contribution >= 0.6 is 0 Å². The van der Waals surface area contributed by atoms with Gasteiger partial charge in [-0.2, -0.15) is 0 Å². The molecule has 1 heterocycles. The second-order valence-electron chi connectivity index (χ2n) is 5.96. The van der Waals surface area contributed by atoms with E-state index in [9.17, 15) is 10.2 Å². The van der Waals surface area contributed by atoms with Gasteiger partial charge < -0.3 is 10.2 Å². The van der Waals surface area contributed by atoms with Gasteiger partial charge in [-0.3, -0.25) is 4.98 Å². The van der Waals surface area contributed by atoms with Crippen LogP contribution in [0.5, 0.6) is 11.5 Å². The average molecular weight is 331 g/mol. The van der Waals surface area contributed by atoms with Gasteiger partial charge in [-0.25, -0.2) is 0 Å². The fraction of sp³-hybridized carbons (Fsp3) is 0.136. The molecule has 3 nitrogen and oxygen atoms in total. The van der Waals surface area contributed by atoms with Gasteiger partial charge >= 0.3 is 0 Å². The Balaban J connectivity index is 2.13. The Labute approximate surface area is 147 Å². The van der Waals surface area contributed by atoms with Gasteiger partial charge in [0.15, 0.2) is 0 Å². The largest absolute Gasteiger partial charge is 0.508 e. The zero-order valence-corrected chi connectivity index (χ0v) is 14.2. The minimum atomic E-state index is 0.249. The molecule has 126 valence electrons. The standard InChI is InChI=1S/C22H21NO2/c1-2-17(14-16-4-3-13-23-15-16)22(18-5-9-20(24)10-6-18)19-7-11-21(25)12-8-19/h3-13,15,24-25H,2,14H2,1H3. The first kappa shape index (κ1) is 16.8. The van der Waals surface area contributed by atoms with Gasteiger partial charge in [0.05, 0.1) is 0 Å². The van der Waals surface area contributed by atoms with E-state index in [1.54, 1.807) is 30.5 Å². The van der Waals surface area contributed by atoms with Crippen molar-refractivity contribution in [1.29, 1.82) is 0 Å². The third-order valence-corrected chi connectivity index (χ3v) is 4.23. The van der Waals surface area contributed by atoms with Crippen LogP contribution in [0, 0.1) is 0 Å². The van der Waals surface area contributed by atoms with E-state index < -0.39 is 0 Å². The molecule has 25 heavy (non-hydrogen) atoms. The minimum absolute atomic E-state index is 0.249. The minimum Gasteiger partial charge on any atom is -0.508 e. The SMILES string of the molecule is CCC(Cc1cccnc1)=C(c1ccc(O)cc1)c1ccc(O)cc1. The van der Waals surface area contributed by atoms with Crippen molar-refractivity contribution in [2.75, 3.05) is 0 Å². The zero-order valence-electron chi connectivity index (χ0n) is 14.2. The molecule has 0 unspecified atom stereocenters. The summed E-state index contributed by atoms with van der Waals surface area (Å²) in [7, 11) is 0. The van der Waals surface area contributed by atoms with Crippen LogP contribution < -0.4 is 0 Å². The molecule has 0 saturated carbocycles. The number of pyridine rings is 1. The normalized spacial score (nSPS) is 10.4. The summed E-state index contributed by atoms with van der Waals surface area (Å²) in [6.07, 6.45) is 5.37. The molecule has 0 aliphatic heterocycles. The molecule has 2 N–H and O–H groups in total. The van der Waals surface area contributed by atoms with Crippen molar-refractivity contribution in [3.63, 3.8) is 0 Å². The Kier molecular flexibility index (Phi) is 5.14. The highest BCUT2D eigenvalue weighted by Gasteiger charge is 2.12. The molecule has 0 spiro atoms. The molecule has 3 rings (SSSR count). The number of aromatic nitrogens is 1. The van der Waals surface area contributed by atoms with Crippen molar-refractivity contribution in [2.24, 2.45) is 0 Å². The number of phenols is 2. The van der Waals surface area contributed by atoms with E-state index in [4.69, 9.17) is 0 Å². The molecule has 3 heteroatoms. The van der Waals surface area contributed by atoms with E-state index in [0.29, 0.717) is 0 Å². The summed E-state index contributed by atoms with van der Waals surface area (Å²) in [5.41, 5.74) is 5.67. The lowest BCUT2D eigenvalue weighted by Crippen LogP contribution is -1.98. The predicted molar refractivity (Wildman–Crippen MR) is 100 cm³/mol. The monoisotopic (exact) mass is 331 g/mol. The van der Waals surface area contributed by atoms with Gasteiger partial charge in [0, 0.05) is 12.4 Å². The van der Waals surface area contributed by atoms with Gasteiger partial charge in [0.2, 0.25) is 0 Å². The van der Waals surface area contributed by atoms with Crippen LogP contribution in [0.1, 0.15) is 30.0 Å². The number of phenolic OH excluding ortho intramolecular Hbond substituents is 2. The highest BCUT2D eigenvalue weighted by atomic mass is 16.3. The van der Waals surface area contributed by atoms with Crippen molar-refractivity contribution < 1.29 is 10.2 Å². The summed E-state index contributed by atoms with van der Waals surface area (Å²) in [5.74, 6) is 0.498. The van der Waals surface area contributed by atoms with Crippen molar-refractivity contribution in [3.8, 4) is 11.5 Å². The smallest absolute Gasteiger partial charge is 0.115 e. The van der Waals surface area contributed by atoms with Crippen LogP contribution in [-0.2, 0) is 6.42 Å². The van der Waals surface area contributed by atoms with Gasteiger partial charge in [-0.05, 0) is 65.4 Å². The highest BCUT2D eigenvalue weighted by Crippen LogP contribution is 2.32. The molecule has 2 aromatic carbocycles. The molecular formula is C22H21NO2. The van der Waals surface area contributed by atoms with E-state index >= 15 is 0 Å². The molecule has 0 aliphatic carbocycles. The summed E-state index contributed by atoms with van der Waals surface area (Å²) in [6.45, 7) is 2.15. The fourth-order valence-corrected chi connectivity index (χ4v) is 2.97. The molecule has 1 aromatic heterocycles. The number of benzene rings is 2. The first-order valence-corrected chi connectivity index (χ1v) is 8.37. The Morgan fingerprint density at radius 2 is 1.40 bits per heavy atom. The summed E-state index contributed by atoms with van der Waals surface area (Å²) in [6, 6.07) is 18.5. The number of rotatable bonds is 5. The zero-order chi connectivity index (χ0) is 17.6. The van der Waals surface area contributed by atoms with Crippen molar-refractivity contribution in [3.05, 3.63) is 95.3 Å². The lowest BCUT2D eigenvalue weighted by Gasteiger charge is -2.16. The predicted octanol–water partition coefficient (Wildman–Crippen LogP) is 4.95. The van der Waals surface area contributed by atoms with Gasteiger partial charge in [-0.1, -0.05) is 42.8 Å². The molecule has 0 saturated heterocycles. The molecule has 0 bridgehead atoms. The van der Waals surface area contributed by atoms with Gasteiger partial charge in [-0.15, -0.1) is 0 Å². The van der Waals surface area contributed by atoms with E-state index in [2.05, 4.69) is 18.0 Å². The Morgan fingerprint density at radius 3 is 1.84 bits per heavy atom. The molecule has 3 aromatic rings. The maximum Gasteiger partial charge on any atom is 0.115 e. The lowest BCUT2D eigenvalue weighted by molar-refractivity contribution is 0.475. The number of nitrogens with zero attached hydrogens (tertiary/aromatic N) is 1. The van der Waals surface area contributed by atoms with Crippen LogP contribution in [0.3, 0.4) is 0 Å². The molecule has 0 radical (unpaired) electrons. The molecular weight excluding hydrogens is 310 g/mol. The highest BCUT2D eigenvalue weighted by molar-refractivity contribution is 5.82. The maximum absolute atomic E-state index is 9.62. The Hall–Kier alpha value is -3.07. The number of allylic oxidation sites excluding steroid dienone is 1. The fourth-order valence-electron chi connectivity index (χ4n) is 2.97. The second kappa shape index (κ2) is 7.67. The van der Waals surface area contributed by atoms with Crippen LogP contribution in [0.15, 0.2) is 78.6 Å². The first-order valence-electron chi connectivity index (χ1n) is 8.37. The number of hydrogen-bond donors (Lipinski definition) is 2. The topological polar surface area (TPSA) is 53.4 Å². The van der Waals surface area contributed by atoms with Crippen molar-refractivity contribution >= 4 is 5.57 Å². The van der Waals surface area contributed by atoms with Crippen LogP contribution in [0.2, 0.25) is 0 Å². The summed E-state index contributed by atoms with van der Waals surface area (Å²) < 4.78 is 0. The lowest BCUT2D eigenvalue weighted by atomic mass is 9.89. The van der Waals surface area contributed by atoms with Crippen molar-refractivity contribution in [2.45, 2.75) is 19.8 Å². The molecule has 0 atom stereocenters. The molecule has 0 amide bonds. The summed E-state index contributed by atoms with van der Waals surface area (Å²) in [4.78, 5) is 4.21. The van der Waals surface area contributed by atoms with E-state index in [0.717, 1.165) is 35.1 Å². The van der Waals surface area contributed by atoms with Crippen molar-refractivity contribution in [1.82, 2.24) is 4.98 Å². The van der Waals surface area contributed by atoms with E-state index in [-0.39, 0.29) is 11.5 Å². The van der Waals surface area contributed by atoms with Crippen LogP contribution in [-0.4, -0.2) is 15.2 Å². The Bertz CT molecular complexity index is 803. The first-order chi connectivity index (χ1) is 12.2. The quantitative estimate of drug-likeness (QED) is 0.695. The van der Waals surface area contributed by atoms with Crippen LogP contribution in [0.4, 0.5) is 0 Å². The maximum atomic E-state index is 9.62. The summed E-state index contributed by atoms with van der Waals surface area (Å²) >= 11 is 0. The Morgan fingerprint density at radius 1 is 0.840 bits per heavy atom. The number of hydrogen-bond acceptors (Lipinski definition) is 3. The van der Waals surface area contributed by atoms with E-state index in [1.165, 1.54) is 5.57 Å². The average Bonchev–Trinajstić information content (AvgIpc) is 2.65. The summed E-state index contributed by atoms with van der Waals surface area (Å²) in [5, 5.41) is 19.2. The van der Waals surface area contributed by atoms with Crippen LogP contribution in [0.25, 0.3) is 5.57 Å². The molecule has 0 aliphatic rings. The third kappa shape index (κ3) is 4.07. The number of aromatic hydroxyl groups is 2. The van der Waals surface area contributed by atoms with E-state index in [1.807, 2.05) is 36.5 Å². The third-order valence-electron chi connectivity index (χ3n) is 4.23. The molecule has 0 fully saturated rings. The van der Waals surface area contributed by atoms with Gasteiger partial charge in [0.1, 0.15) is 11.5 Å².